The number of carbonyl (C=O) groups is 3. The average molecular weight is 580 g/mol. The Morgan fingerprint density at radius 3 is 2.66 bits per heavy atom. The molecule has 3 amide bonds. The van der Waals surface area contributed by atoms with Crippen LogP contribution in [0.4, 0.5) is 0 Å². The van der Waals surface area contributed by atoms with Crippen molar-refractivity contribution in [1.82, 2.24) is 30.4 Å². The van der Waals surface area contributed by atoms with Gasteiger partial charge in [0.15, 0.2) is 5.01 Å². The predicted octanol–water partition coefficient (Wildman–Crippen LogP) is 3.47. The van der Waals surface area contributed by atoms with Gasteiger partial charge >= 0.3 is 0 Å². The van der Waals surface area contributed by atoms with Gasteiger partial charge in [-0.25, -0.2) is 4.98 Å². The van der Waals surface area contributed by atoms with Crippen molar-refractivity contribution in [2.45, 2.75) is 44.3 Å². The highest BCUT2D eigenvalue weighted by atomic mass is 35.5. The summed E-state index contributed by atoms with van der Waals surface area (Å²) in [4.78, 5) is 51.8. The number of rotatable bonds is 5. The fourth-order valence-electron chi connectivity index (χ4n) is 5.21. The van der Waals surface area contributed by atoms with Crippen molar-refractivity contribution in [2.24, 2.45) is 5.92 Å². The van der Waals surface area contributed by atoms with Gasteiger partial charge in [-0.3, -0.25) is 14.4 Å². The van der Waals surface area contributed by atoms with Gasteiger partial charge in [0.2, 0.25) is 5.91 Å². The standard InChI is InChI=1S/C26H31ClN6O3S.ClH/c1-32(2)26(36)14-4-6-18(29-24(35)25-31-19-8-9-33(3)13-22(19)37-25)20(11-14)30-23(34)21-12-15-10-16(27)5-7-17(15)28-21;/h5,7,10,12,14,18,20,28H,4,6,8-9,11,13H2,1-3H3,(H,29,35)(H,30,34);1H. The maximum Gasteiger partial charge on any atom is 0.280 e. The number of nitrogens with one attached hydrogen (secondary N) is 3. The molecule has 2 aromatic heterocycles. The Balaban J connectivity index is 0.00000336. The molecule has 3 aromatic rings. The number of aromatic nitrogens is 2. The number of likely N-dealkylation sites (N-methyl/N-ethyl adjacent to an activating group) is 1. The van der Waals surface area contributed by atoms with Crippen molar-refractivity contribution in [3.63, 3.8) is 0 Å². The molecule has 12 heteroatoms. The number of benzene rings is 1. The first-order valence-corrected chi connectivity index (χ1v) is 13.7. The Bertz CT molecular complexity index is 1360. The van der Waals surface area contributed by atoms with E-state index in [0.29, 0.717) is 35.0 Å². The molecule has 1 aromatic carbocycles. The number of nitrogens with zero attached hydrogens (tertiary/aromatic N) is 3. The molecular formula is C26H32Cl2N6O3S. The normalized spacial score (nSPS) is 21.3. The molecular weight excluding hydrogens is 547 g/mol. The highest BCUT2D eigenvalue weighted by Crippen LogP contribution is 2.29. The molecule has 2 aliphatic rings. The number of hydrogen-bond acceptors (Lipinski definition) is 6. The van der Waals surface area contributed by atoms with Crippen LogP contribution in [0.25, 0.3) is 10.9 Å². The minimum Gasteiger partial charge on any atom is -0.351 e. The molecule has 38 heavy (non-hydrogen) atoms. The molecule has 3 heterocycles. The Hall–Kier alpha value is -2.66. The molecule has 5 rings (SSSR count). The van der Waals surface area contributed by atoms with Gasteiger partial charge in [0.25, 0.3) is 11.8 Å². The van der Waals surface area contributed by atoms with E-state index in [0.717, 1.165) is 41.0 Å². The van der Waals surface area contributed by atoms with Crippen LogP contribution in [0.1, 0.15) is 50.1 Å². The number of fused-ring (bicyclic) bond motifs is 2. The second kappa shape index (κ2) is 11.6. The number of amides is 3. The smallest absolute Gasteiger partial charge is 0.280 e. The molecule has 3 atom stereocenters. The monoisotopic (exact) mass is 578 g/mol. The second-order valence-corrected chi connectivity index (χ2v) is 11.7. The molecule has 0 spiro atoms. The Morgan fingerprint density at radius 2 is 1.89 bits per heavy atom. The van der Waals surface area contributed by atoms with Gasteiger partial charge in [0.1, 0.15) is 5.69 Å². The quantitative estimate of drug-likeness (QED) is 0.429. The first-order valence-electron chi connectivity index (χ1n) is 12.5. The second-order valence-electron chi connectivity index (χ2n) is 10.2. The van der Waals surface area contributed by atoms with E-state index in [9.17, 15) is 14.4 Å². The molecule has 0 saturated heterocycles. The van der Waals surface area contributed by atoms with E-state index in [1.807, 2.05) is 6.07 Å². The number of carbonyl (C=O) groups excluding carboxylic acids is 3. The zero-order valence-corrected chi connectivity index (χ0v) is 23.9. The van der Waals surface area contributed by atoms with Gasteiger partial charge in [-0.2, -0.15) is 0 Å². The lowest BCUT2D eigenvalue weighted by atomic mass is 9.81. The summed E-state index contributed by atoms with van der Waals surface area (Å²) in [7, 11) is 5.53. The van der Waals surface area contributed by atoms with Crippen molar-refractivity contribution in [3.8, 4) is 0 Å². The van der Waals surface area contributed by atoms with Crippen LogP contribution in [0, 0.1) is 5.92 Å². The topological polar surface area (TPSA) is 110 Å². The highest BCUT2D eigenvalue weighted by molar-refractivity contribution is 7.13. The summed E-state index contributed by atoms with van der Waals surface area (Å²) < 4.78 is 0. The summed E-state index contributed by atoms with van der Waals surface area (Å²) in [5.74, 6) is -0.718. The summed E-state index contributed by atoms with van der Waals surface area (Å²) in [6, 6.07) is 6.42. The van der Waals surface area contributed by atoms with Crippen LogP contribution in [-0.2, 0) is 17.8 Å². The molecule has 1 saturated carbocycles. The van der Waals surface area contributed by atoms with Crippen molar-refractivity contribution < 1.29 is 14.4 Å². The van der Waals surface area contributed by atoms with Gasteiger partial charge in [-0.05, 0) is 50.6 Å². The van der Waals surface area contributed by atoms with E-state index in [4.69, 9.17) is 11.6 Å². The third-order valence-corrected chi connectivity index (χ3v) is 8.53. The van der Waals surface area contributed by atoms with Crippen LogP contribution >= 0.6 is 35.3 Å². The third kappa shape index (κ3) is 5.98. The first kappa shape index (κ1) is 28.4. The van der Waals surface area contributed by atoms with Crippen molar-refractivity contribution in [2.75, 3.05) is 27.7 Å². The molecule has 204 valence electrons. The van der Waals surface area contributed by atoms with Gasteiger partial charge in [0.05, 0.1) is 11.7 Å². The first-order chi connectivity index (χ1) is 17.7. The third-order valence-electron chi connectivity index (χ3n) is 7.22. The van der Waals surface area contributed by atoms with E-state index >= 15 is 0 Å². The number of halogens is 2. The lowest BCUT2D eigenvalue weighted by molar-refractivity contribution is -0.134. The molecule has 3 unspecified atom stereocenters. The minimum atomic E-state index is -0.408. The highest BCUT2D eigenvalue weighted by Gasteiger charge is 2.37. The minimum absolute atomic E-state index is 0. The fraction of sp³-hybridized carbons (Fsp3) is 0.462. The molecule has 3 N–H and O–H groups in total. The lowest BCUT2D eigenvalue weighted by Gasteiger charge is -2.37. The van der Waals surface area contributed by atoms with Gasteiger partial charge in [-0.1, -0.05) is 11.6 Å². The van der Waals surface area contributed by atoms with Crippen LogP contribution < -0.4 is 10.6 Å². The molecule has 0 bridgehead atoms. The van der Waals surface area contributed by atoms with Gasteiger partial charge in [0, 0.05) is 66.4 Å². The van der Waals surface area contributed by atoms with Crippen LogP contribution in [0.5, 0.6) is 0 Å². The SMILES string of the molecule is CN1CCc2nc(C(=O)NC3CCC(C(=O)N(C)C)CC3NC(=O)c3cc4cc(Cl)ccc4[nH]3)sc2C1.Cl. The van der Waals surface area contributed by atoms with E-state index in [-0.39, 0.29) is 42.1 Å². The summed E-state index contributed by atoms with van der Waals surface area (Å²) in [6.07, 6.45) is 2.50. The van der Waals surface area contributed by atoms with E-state index in [2.05, 4.69) is 32.5 Å². The maximum atomic E-state index is 13.2. The largest absolute Gasteiger partial charge is 0.351 e. The van der Waals surface area contributed by atoms with Crippen molar-refractivity contribution >= 4 is 64.0 Å². The Kier molecular flexibility index (Phi) is 8.66. The fourth-order valence-corrected chi connectivity index (χ4v) is 6.49. The molecule has 1 aliphatic carbocycles. The zero-order valence-electron chi connectivity index (χ0n) is 21.5. The van der Waals surface area contributed by atoms with Gasteiger partial charge < -0.3 is 25.4 Å². The summed E-state index contributed by atoms with van der Waals surface area (Å²) in [6.45, 7) is 1.72. The number of aromatic amines is 1. The summed E-state index contributed by atoms with van der Waals surface area (Å²) in [5, 5.41) is 8.08. The van der Waals surface area contributed by atoms with E-state index < -0.39 is 6.04 Å². The predicted molar refractivity (Wildman–Crippen MR) is 151 cm³/mol. The lowest BCUT2D eigenvalue weighted by Crippen LogP contribution is -2.56. The maximum absolute atomic E-state index is 13.2. The molecule has 9 nitrogen and oxygen atoms in total. The van der Waals surface area contributed by atoms with Crippen LogP contribution in [0.2, 0.25) is 5.02 Å². The Labute approximate surface area is 236 Å². The summed E-state index contributed by atoms with van der Waals surface area (Å²) in [5.41, 5.74) is 2.21. The van der Waals surface area contributed by atoms with Gasteiger partial charge in [-0.15, -0.1) is 23.7 Å². The summed E-state index contributed by atoms with van der Waals surface area (Å²) >= 11 is 7.53. The molecule has 0 radical (unpaired) electrons. The van der Waals surface area contributed by atoms with Crippen LogP contribution in [0.3, 0.4) is 0 Å². The zero-order chi connectivity index (χ0) is 26.3. The number of H-pyrrole nitrogens is 1. The number of hydrogen-bond donors (Lipinski definition) is 3. The van der Waals surface area contributed by atoms with E-state index in [1.54, 1.807) is 37.2 Å². The number of thiazole rings is 1. The average Bonchev–Trinajstić information content (AvgIpc) is 3.48. The van der Waals surface area contributed by atoms with E-state index in [1.165, 1.54) is 11.3 Å². The van der Waals surface area contributed by atoms with Crippen molar-refractivity contribution in [3.05, 3.63) is 50.6 Å². The van der Waals surface area contributed by atoms with Crippen LogP contribution in [0.15, 0.2) is 24.3 Å². The van der Waals surface area contributed by atoms with Crippen molar-refractivity contribution in [1.29, 1.82) is 0 Å². The van der Waals surface area contributed by atoms with Crippen LogP contribution in [-0.4, -0.2) is 77.3 Å². The molecule has 1 aliphatic heterocycles. The molecule has 1 fully saturated rings. The Morgan fingerprint density at radius 1 is 1.13 bits per heavy atom.